The molecule has 7 nitrogen and oxygen atoms in total. The molecule has 1 aliphatic rings. The summed E-state index contributed by atoms with van der Waals surface area (Å²) in [6, 6.07) is 0. The number of amides is 1. The van der Waals surface area contributed by atoms with Crippen LogP contribution in [0.3, 0.4) is 0 Å². The van der Waals surface area contributed by atoms with Crippen molar-refractivity contribution < 1.29 is 4.79 Å². The van der Waals surface area contributed by atoms with E-state index in [0.29, 0.717) is 24.5 Å². The summed E-state index contributed by atoms with van der Waals surface area (Å²) in [5, 5.41) is 4.93. The molecule has 0 bridgehead atoms. The van der Waals surface area contributed by atoms with E-state index >= 15 is 0 Å². The molecule has 0 atom stereocenters. The van der Waals surface area contributed by atoms with Gasteiger partial charge >= 0.3 is 0 Å². The van der Waals surface area contributed by atoms with E-state index in [1.54, 1.807) is 6.20 Å². The van der Waals surface area contributed by atoms with E-state index in [9.17, 15) is 4.79 Å². The molecule has 1 aromatic heterocycles. The van der Waals surface area contributed by atoms with Gasteiger partial charge in [-0.25, -0.2) is 15.4 Å². The lowest BCUT2D eigenvalue weighted by Crippen LogP contribution is -2.24. The van der Waals surface area contributed by atoms with Crippen molar-refractivity contribution in [2.45, 2.75) is 33.6 Å². The first-order valence-corrected chi connectivity index (χ1v) is 7.11. The Morgan fingerprint density at radius 3 is 2.62 bits per heavy atom. The zero-order valence-corrected chi connectivity index (χ0v) is 13.1. The minimum absolute atomic E-state index is 0.220. The van der Waals surface area contributed by atoms with E-state index in [1.165, 1.54) is 6.42 Å². The lowest BCUT2D eigenvalue weighted by Gasteiger charge is -2.09. The Hall–Kier alpha value is -2.15. The number of nitrogens with one attached hydrogen (secondary N) is 2. The molecule has 2 rings (SSSR count). The van der Waals surface area contributed by atoms with Crippen LogP contribution in [0.25, 0.3) is 0 Å². The Balaban J connectivity index is 0.000000677. The molecular weight excluding hydrogens is 268 g/mol. The number of nitrogens with zero attached hydrogens (tertiary/aromatic N) is 3. The van der Waals surface area contributed by atoms with Gasteiger partial charge in [-0.05, 0) is 0 Å². The number of carbonyl (C=O) groups excluding carboxylic acids is 1. The maximum atomic E-state index is 11.4. The van der Waals surface area contributed by atoms with Crippen LogP contribution >= 0.6 is 0 Å². The van der Waals surface area contributed by atoms with Gasteiger partial charge in [0.2, 0.25) is 0 Å². The molecule has 21 heavy (non-hydrogen) atoms. The summed E-state index contributed by atoms with van der Waals surface area (Å²) in [6.07, 6.45) is 5.39. The van der Waals surface area contributed by atoms with Crippen molar-refractivity contribution in [1.82, 2.24) is 20.4 Å². The maximum Gasteiger partial charge on any atom is 0.269 e. The number of aryl methyl sites for hydroxylation is 1. The number of primary amides is 1. The van der Waals surface area contributed by atoms with Crippen molar-refractivity contribution in [2.75, 3.05) is 18.9 Å². The Bertz CT molecular complexity index is 514. The van der Waals surface area contributed by atoms with Crippen LogP contribution in [0.5, 0.6) is 0 Å². The molecule has 0 aromatic carbocycles. The zero-order valence-electron chi connectivity index (χ0n) is 13.1. The molecule has 2 heterocycles. The molecule has 0 unspecified atom stereocenters. The van der Waals surface area contributed by atoms with Crippen LogP contribution in [-0.4, -0.2) is 34.5 Å². The average molecular weight is 292 g/mol. The number of hydrazine groups is 1. The van der Waals surface area contributed by atoms with Crippen molar-refractivity contribution in [2.24, 2.45) is 5.73 Å². The zero-order chi connectivity index (χ0) is 15.8. The number of hydrogen-bond acceptors (Lipinski definition) is 6. The molecule has 0 aliphatic carbocycles. The van der Waals surface area contributed by atoms with Gasteiger partial charge in [0.15, 0.2) is 5.69 Å². The highest BCUT2D eigenvalue weighted by Crippen LogP contribution is 2.15. The van der Waals surface area contributed by atoms with Gasteiger partial charge in [-0.3, -0.25) is 4.79 Å². The van der Waals surface area contributed by atoms with Gasteiger partial charge in [0.25, 0.3) is 5.91 Å². The van der Waals surface area contributed by atoms with Crippen LogP contribution in [0.15, 0.2) is 18.1 Å². The predicted octanol–water partition coefficient (Wildman–Crippen LogP) is 1.26. The van der Waals surface area contributed by atoms with E-state index in [-0.39, 0.29) is 5.69 Å². The first-order chi connectivity index (χ1) is 10.0. The molecule has 0 radical (unpaired) electrons. The van der Waals surface area contributed by atoms with Crippen LogP contribution in [0, 0.1) is 0 Å². The molecule has 1 aromatic rings. The Morgan fingerprint density at radius 2 is 2.14 bits per heavy atom. The van der Waals surface area contributed by atoms with Crippen molar-refractivity contribution in [3.8, 4) is 0 Å². The highest BCUT2D eigenvalue weighted by molar-refractivity contribution is 5.96. The fraction of sp³-hybridized carbons (Fsp3) is 0.500. The summed E-state index contributed by atoms with van der Waals surface area (Å²) in [6.45, 7) is 6.83. The lowest BCUT2D eigenvalue weighted by atomic mass is 10.3. The summed E-state index contributed by atoms with van der Waals surface area (Å²) >= 11 is 0. The fourth-order valence-electron chi connectivity index (χ4n) is 1.65. The number of hydrogen-bond donors (Lipinski definition) is 3. The van der Waals surface area contributed by atoms with Gasteiger partial charge in [0.1, 0.15) is 5.82 Å². The largest absolute Gasteiger partial charge is 0.364 e. The van der Waals surface area contributed by atoms with E-state index in [2.05, 4.69) is 34.6 Å². The monoisotopic (exact) mass is 292 g/mol. The number of anilines is 1. The molecule has 116 valence electrons. The average Bonchev–Trinajstić information content (AvgIpc) is 2.85. The molecular formula is C14H24N6O. The summed E-state index contributed by atoms with van der Waals surface area (Å²) in [7, 11) is 1.89. The highest BCUT2D eigenvalue weighted by Gasteiger charge is 2.15. The summed E-state index contributed by atoms with van der Waals surface area (Å²) in [5.41, 5.74) is 10.1. The van der Waals surface area contributed by atoms with Crippen LogP contribution < -0.4 is 16.5 Å². The molecule has 0 saturated heterocycles. The van der Waals surface area contributed by atoms with Crippen molar-refractivity contribution in [1.29, 1.82) is 0 Å². The van der Waals surface area contributed by atoms with Gasteiger partial charge < -0.3 is 16.1 Å². The second-order valence-corrected chi connectivity index (χ2v) is 4.70. The SMILES string of the molecule is CCC.CCc1ncc(NC2=CN(C)NC2)c(C(N)=O)n1. The van der Waals surface area contributed by atoms with Gasteiger partial charge in [-0.15, -0.1) is 0 Å². The van der Waals surface area contributed by atoms with E-state index < -0.39 is 5.91 Å². The van der Waals surface area contributed by atoms with Crippen LogP contribution in [0.2, 0.25) is 0 Å². The molecule has 0 saturated carbocycles. The number of rotatable bonds is 4. The molecule has 1 amide bonds. The summed E-state index contributed by atoms with van der Waals surface area (Å²) in [4.78, 5) is 19.7. The Kier molecular flexibility index (Phi) is 6.61. The lowest BCUT2D eigenvalue weighted by molar-refractivity contribution is 0.0996. The fourth-order valence-corrected chi connectivity index (χ4v) is 1.65. The second kappa shape index (κ2) is 8.21. The van der Waals surface area contributed by atoms with Crippen LogP contribution in [0.1, 0.15) is 43.5 Å². The topological polar surface area (TPSA) is 96.2 Å². The predicted molar refractivity (Wildman–Crippen MR) is 83.4 cm³/mol. The van der Waals surface area contributed by atoms with Crippen molar-refractivity contribution in [3.05, 3.63) is 29.6 Å². The summed E-state index contributed by atoms with van der Waals surface area (Å²) in [5.74, 6) is 0.0412. The first-order valence-electron chi connectivity index (χ1n) is 7.11. The normalized spacial score (nSPS) is 13.3. The van der Waals surface area contributed by atoms with Gasteiger partial charge in [0.05, 0.1) is 18.4 Å². The Morgan fingerprint density at radius 1 is 1.48 bits per heavy atom. The molecule has 7 heteroatoms. The smallest absolute Gasteiger partial charge is 0.269 e. The van der Waals surface area contributed by atoms with E-state index in [1.807, 2.05) is 25.2 Å². The Labute approximate surface area is 125 Å². The minimum Gasteiger partial charge on any atom is -0.364 e. The quantitative estimate of drug-likeness (QED) is 0.773. The van der Waals surface area contributed by atoms with Crippen molar-refractivity contribution >= 4 is 11.6 Å². The van der Waals surface area contributed by atoms with Crippen LogP contribution in [-0.2, 0) is 6.42 Å². The maximum absolute atomic E-state index is 11.4. The van der Waals surface area contributed by atoms with Crippen molar-refractivity contribution in [3.63, 3.8) is 0 Å². The van der Waals surface area contributed by atoms with E-state index in [4.69, 9.17) is 5.73 Å². The third kappa shape index (κ3) is 5.03. The number of carbonyl (C=O) groups is 1. The molecule has 0 spiro atoms. The minimum atomic E-state index is -0.561. The summed E-state index contributed by atoms with van der Waals surface area (Å²) < 4.78 is 0. The number of aromatic nitrogens is 2. The van der Waals surface area contributed by atoms with Gasteiger partial charge in [-0.2, -0.15) is 0 Å². The van der Waals surface area contributed by atoms with Crippen LogP contribution in [0.4, 0.5) is 5.69 Å². The second-order valence-electron chi connectivity index (χ2n) is 4.70. The van der Waals surface area contributed by atoms with E-state index in [0.717, 1.165) is 5.70 Å². The standard InChI is InChI=1S/C11H16N6O.C3H8/c1-3-9-13-5-8(10(16-9)11(12)18)15-7-4-14-17(2)6-7;1-3-2/h5-6,14-15H,3-4H2,1-2H3,(H2,12,18);3H2,1-2H3. The molecule has 0 fully saturated rings. The third-order valence-electron chi connectivity index (χ3n) is 2.55. The molecule has 4 N–H and O–H groups in total. The van der Waals surface area contributed by atoms with Gasteiger partial charge in [0, 0.05) is 25.4 Å². The third-order valence-corrected chi connectivity index (χ3v) is 2.55. The number of nitrogens with two attached hydrogens (primary N) is 1. The highest BCUT2D eigenvalue weighted by atomic mass is 16.1. The molecule has 1 aliphatic heterocycles. The first kappa shape index (κ1) is 16.9. The van der Waals surface area contributed by atoms with Gasteiger partial charge in [-0.1, -0.05) is 27.2 Å².